The van der Waals surface area contributed by atoms with Crippen molar-refractivity contribution < 1.29 is 18.3 Å². The van der Waals surface area contributed by atoms with E-state index in [0.29, 0.717) is 37.1 Å². The van der Waals surface area contributed by atoms with Crippen LogP contribution in [0.15, 0.2) is 58.5 Å². The molecule has 6 nitrogen and oxygen atoms in total. The van der Waals surface area contributed by atoms with Crippen LogP contribution in [0.5, 0.6) is 0 Å². The van der Waals surface area contributed by atoms with Gasteiger partial charge >= 0.3 is 0 Å². The Morgan fingerprint density at radius 3 is 1.38 bits per heavy atom. The molecule has 0 aromatic heterocycles. The third-order valence-electron chi connectivity index (χ3n) is 6.21. The summed E-state index contributed by atoms with van der Waals surface area (Å²) in [5.41, 5.74) is 13.2. The highest BCUT2D eigenvalue weighted by Gasteiger charge is 2.19. The number of ether oxygens (including phenoxy) is 2. The van der Waals surface area contributed by atoms with Gasteiger partial charge in [0.1, 0.15) is 24.8 Å². The van der Waals surface area contributed by atoms with Crippen molar-refractivity contribution in [2.75, 3.05) is 13.2 Å². The molecule has 4 N–H and O–H groups in total. The molecule has 2 aromatic carbocycles. The van der Waals surface area contributed by atoms with Crippen molar-refractivity contribution in [3.8, 4) is 0 Å². The van der Waals surface area contributed by atoms with Crippen molar-refractivity contribution in [3.05, 3.63) is 71.3 Å². The lowest BCUT2D eigenvalue weighted by molar-refractivity contribution is 0.304. The Bertz CT molecular complexity index is 884. The Hall–Kier alpha value is -3.16. The predicted octanol–water partition coefficient (Wildman–Crippen LogP) is 4.85. The van der Waals surface area contributed by atoms with E-state index in [1.165, 1.54) is 24.3 Å². The van der Waals surface area contributed by atoms with Crippen LogP contribution in [-0.2, 0) is 9.47 Å². The van der Waals surface area contributed by atoms with Crippen LogP contribution in [0.4, 0.5) is 8.78 Å². The van der Waals surface area contributed by atoms with Crippen molar-refractivity contribution in [2.24, 2.45) is 21.5 Å². The molecule has 0 spiro atoms. The third-order valence-corrected chi connectivity index (χ3v) is 6.21. The molecule has 2 aromatic rings. The van der Waals surface area contributed by atoms with Crippen LogP contribution in [0.1, 0.15) is 62.5 Å². The average molecular weight is 473 g/mol. The van der Waals surface area contributed by atoms with Crippen LogP contribution in [0.2, 0.25) is 0 Å². The number of nitrogens with zero attached hydrogens (tertiary/aromatic N) is 2. The smallest absolute Gasteiger partial charge is 0.282 e. The summed E-state index contributed by atoms with van der Waals surface area (Å²) in [5.74, 6) is 0.408. The largest absolute Gasteiger partial charge is 0.463 e. The molecule has 0 fully saturated rings. The first kappa shape index (κ1) is 25.5. The zero-order valence-corrected chi connectivity index (χ0v) is 19.8. The van der Waals surface area contributed by atoms with E-state index >= 15 is 0 Å². The molecule has 4 rings (SSSR count). The molecule has 2 aliphatic rings. The maximum Gasteiger partial charge on any atom is 0.282 e. The lowest BCUT2D eigenvalue weighted by Crippen LogP contribution is -2.10. The second-order valence-electron chi connectivity index (χ2n) is 8.92. The minimum atomic E-state index is -0.192. The summed E-state index contributed by atoms with van der Waals surface area (Å²) in [6.45, 7) is 5.44. The van der Waals surface area contributed by atoms with Crippen LogP contribution >= 0.6 is 0 Å². The molecule has 0 radical (unpaired) electrons. The topological polar surface area (TPSA) is 95.2 Å². The zero-order valence-electron chi connectivity index (χ0n) is 19.8. The Morgan fingerprint density at radius 1 is 0.735 bits per heavy atom. The van der Waals surface area contributed by atoms with E-state index in [4.69, 9.17) is 20.9 Å². The number of benzene rings is 2. The van der Waals surface area contributed by atoms with Crippen LogP contribution in [0.25, 0.3) is 0 Å². The van der Waals surface area contributed by atoms with Gasteiger partial charge in [-0.2, -0.15) is 0 Å². The lowest BCUT2D eigenvalue weighted by atomic mass is 9.94. The van der Waals surface area contributed by atoms with Gasteiger partial charge in [-0.15, -0.1) is 0 Å². The van der Waals surface area contributed by atoms with Gasteiger partial charge < -0.3 is 20.9 Å². The number of nitrogens with two attached hydrogens (primary N) is 2. The van der Waals surface area contributed by atoms with Crippen LogP contribution in [0.3, 0.4) is 0 Å². The Kier molecular flexibility index (Phi) is 9.24. The SMILES string of the molecule is C[C@@H](CC[C@H]1COC(N)=N1)c1ccc(F)cc1.C[C@H](CC[C@H]1COC(N)=N1)c1ccc(F)cc1. The molecule has 0 aliphatic carbocycles. The van der Waals surface area contributed by atoms with E-state index in [2.05, 4.69) is 23.8 Å². The molecule has 184 valence electrons. The second-order valence-corrected chi connectivity index (χ2v) is 8.92. The van der Waals surface area contributed by atoms with Crippen LogP contribution in [0, 0.1) is 11.6 Å². The summed E-state index contributed by atoms with van der Waals surface area (Å²) in [4.78, 5) is 8.36. The van der Waals surface area contributed by atoms with Gasteiger partial charge in [-0.1, -0.05) is 38.1 Å². The molecule has 0 unspecified atom stereocenters. The second kappa shape index (κ2) is 12.3. The highest BCUT2D eigenvalue weighted by Crippen LogP contribution is 2.24. The molecule has 8 heteroatoms. The van der Waals surface area contributed by atoms with E-state index in [9.17, 15) is 8.78 Å². The van der Waals surface area contributed by atoms with E-state index < -0.39 is 0 Å². The number of halogens is 2. The van der Waals surface area contributed by atoms with E-state index in [-0.39, 0.29) is 23.7 Å². The summed E-state index contributed by atoms with van der Waals surface area (Å²) in [7, 11) is 0. The number of aliphatic imine (C=N–C) groups is 2. The van der Waals surface area contributed by atoms with E-state index in [1.807, 2.05) is 24.3 Å². The van der Waals surface area contributed by atoms with Gasteiger partial charge in [0.15, 0.2) is 0 Å². The normalized spacial score (nSPS) is 20.8. The van der Waals surface area contributed by atoms with Crippen molar-refractivity contribution in [3.63, 3.8) is 0 Å². The lowest BCUT2D eigenvalue weighted by Gasteiger charge is -2.13. The standard InChI is InChI=1S/2C13H17FN2O/c2*1-9(10-3-5-11(14)6-4-10)2-7-12-8-17-13(15)16-12/h2*3-6,9,12H,2,7-8H2,1H3,(H2,15,16)/t9-,12+;9-,12-/m10/s1. The molecule has 0 bridgehead atoms. The maximum atomic E-state index is 12.8. The first-order valence-corrected chi connectivity index (χ1v) is 11.7. The fourth-order valence-electron chi connectivity index (χ4n) is 3.97. The fourth-order valence-corrected chi connectivity index (χ4v) is 3.97. The molecular formula is C26H34F2N4O2. The summed E-state index contributed by atoms with van der Waals surface area (Å²) in [6, 6.07) is 14.3. The minimum absolute atomic E-state index is 0.179. The number of amidine groups is 2. The number of hydrogen-bond donors (Lipinski definition) is 2. The van der Waals surface area contributed by atoms with Crippen LogP contribution in [-0.4, -0.2) is 37.3 Å². The molecule has 0 saturated carbocycles. The maximum absolute atomic E-state index is 12.8. The molecule has 34 heavy (non-hydrogen) atoms. The van der Waals surface area contributed by atoms with Gasteiger partial charge in [-0.25, -0.2) is 18.8 Å². The molecule has 0 amide bonds. The summed E-state index contributed by atoms with van der Waals surface area (Å²) >= 11 is 0. The zero-order chi connectivity index (χ0) is 24.5. The van der Waals surface area contributed by atoms with Crippen molar-refractivity contribution in [1.82, 2.24) is 0 Å². The molecule has 2 heterocycles. The summed E-state index contributed by atoms with van der Waals surface area (Å²) in [5, 5.41) is 0. The molecular weight excluding hydrogens is 438 g/mol. The van der Waals surface area contributed by atoms with Crippen molar-refractivity contribution >= 4 is 12.0 Å². The number of rotatable bonds is 8. The molecule has 4 atom stereocenters. The van der Waals surface area contributed by atoms with Gasteiger partial charge in [0.05, 0.1) is 12.1 Å². The first-order valence-electron chi connectivity index (χ1n) is 11.7. The first-order chi connectivity index (χ1) is 16.3. The number of hydrogen-bond acceptors (Lipinski definition) is 6. The van der Waals surface area contributed by atoms with Gasteiger partial charge in [0.25, 0.3) is 12.0 Å². The van der Waals surface area contributed by atoms with Gasteiger partial charge in [0.2, 0.25) is 0 Å². The monoisotopic (exact) mass is 472 g/mol. The predicted molar refractivity (Wildman–Crippen MR) is 131 cm³/mol. The van der Waals surface area contributed by atoms with Crippen LogP contribution < -0.4 is 11.5 Å². The average Bonchev–Trinajstić information content (AvgIpc) is 3.44. The van der Waals surface area contributed by atoms with Crippen molar-refractivity contribution in [1.29, 1.82) is 0 Å². The highest BCUT2D eigenvalue weighted by atomic mass is 19.1. The highest BCUT2D eigenvalue weighted by molar-refractivity contribution is 5.73. The van der Waals surface area contributed by atoms with Crippen molar-refractivity contribution in [2.45, 2.75) is 63.5 Å². The Balaban J connectivity index is 0.000000191. The summed E-state index contributed by atoms with van der Waals surface area (Å²) < 4.78 is 35.7. The molecule has 0 saturated heterocycles. The van der Waals surface area contributed by atoms with E-state index in [1.54, 1.807) is 0 Å². The quantitative estimate of drug-likeness (QED) is 0.574. The fraction of sp³-hybridized carbons (Fsp3) is 0.462. The summed E-state index contributed by atoms with van der Waals surface area (Å²) in [6.07, 6.45) is 3.88. The van der Waals surface area contributed by atoms with Gasteiger partial charge in [-0.3, -0.25) is 0 Å². The Labute approximate surface area is 200 Å². The Morgan fingerprint density at radius 2 is 1.09 bits per heavy atom. The van der Waals surface area contributed by atoms with Gasteiger partial charge in [-0.05, 0) is 72.9 Å². The minimum Gasteiger partial charge on any atom is -0.463 e. The van der Waals surface area contributed by atoms with Gasteiger partial charge in [0, 0.05) is 0 Å². The van der Waals surface area contributed by atoms with E-state index in [0.717, 1.165) is 36.8 Å². The molecule has 2 aliphatic heterocycles. The third kappa shape index (κ3) is 8.01.